The molecular weight excluding hydrogens is 398 g/mol. The largest absolute Gasteiger partial charge is 0.478 e. The van der Waals surface area contributed by atoms with E-state index in [9.17, 15) is 8.78 Å². The summed E-state index contributed by atoms with van der Waals surface area (Å²) >= 11 is 0. The quantitative estimate of drug-likeness (QED) is 0.474. The van der Waals surface area contributed by atoms with Crippen molar-refractivity contribution in [2.45, 2.75) is 33.0 Å². The number of nitrogens with one attached hydrogen (secondary N) is 2. The molecule has 162 valence electrons. The van der Waals surface area contributed by atoms with E-state index in [1.165, 1.54) is 6.07 Å². The van der Waals surface area contributed by atoms with Crippen LogP contribution in [-0.2, 0) is 13.1 Å². The molecule has 2 aromatic rings. The number of ether oxygens (including phenoxy) is 4. The lowest BCUT2D eigenvalue weighted by Gasteiger charge is -2.15. The Kier molecular flexibility index (Phi) is 7.47. The average molecular weight is 422 g/mol. The maximum atomic E-state index is 12.8. The van der Waals surface area contributed by atoms with E-state index in [0.29, 0.717) is 42.1 Å². The van der Waals surface area contributed by atoms with Crippen LogP contribution in [0.1, 0.15) is 24.5 Å². The maximum Gasteiger partial charge on any atom is 0.387 e. The van der Waals surface area contributed by atoms with Crippen LogP contribution in [0, 0.1) is 0 Å². The van der Waals surface area contributed by atoms with Crippen molar-refractivity contribution in [3.8, 4) is 23.1 Å². The molecule has 10 heteroatoms. The summed E-state index contributed by atoms with van der Waals surface area (Å²) in [5.41, 5.74) is 1.42. The lowest BCUT2D eigenvalue weighted by atomic mass is 10.1. The predicted octanol–water partition coefficient (Wildman–Crippen LogP) is 3.07. The van der Waals surface area contributed by atoms with Crippen molar-refractivity contribution in [3.63, 3.8) is 0 Å². The molecule has 0 saturated heterocycles. The minimum Gasteiger partial charge on any atom is -0.478 e. The fraction of sp³-hybridized carbons (Fsp3) is 0.400. The standard InChI is InChI=1S/C20H24F2N4O4/c1-3-6-27-18-5-4-13(9-24-18)10-25-20(23-2)26-11-14-7-16-17(29-12-28-16)8-15(14)30-19(21)22/h4-5,7-9,19H,3,6,10-12H2,1-2H3,(H2,23,25,26). The van der Waals surface area contributed by atoms with E-state index in [-0.39, 0.29) is 19.1 Å². The molecule has 0 atom stereocenters. The van der Waals surface area contributed by atoms with E-state index in [1.54, 1.807) is 19.3 Å². The highest BCUT2D eigenvalue weighted by molar-refractivity contribution is 5.79. The summed E-state index contributed by atoms with van der Waals surface area (Å²) < 4.78 is 46.1. The summed E-state index contributed by atoms with van der Waals surface area (Å²) in [5.74, 6) is 1.94. The van der Waals surface area contributed by atoms with Gasteiger partial charge in [-0.05, 0) is 18.1 Å². The van der Waals surface area contributed by atoms with Gasteiger partial charge in [0.15, 0.2) is 17.5 Å². The summed E-state index contributed by atoms with van der Waals surface area (Å²) in [6, 6.07) is 6.73. The number of aromatic nitrogens is 1. The average Bonchev–Trinajstić information content (AvgIpc) is 3.20. The Balaban J connectivity index is 1.57. The van der Waals surface area contributed by atoms with Crippen molar-refractivity contribution in [2.24, 2.45) is 4.99 Å². The van der Waals surface area contributed by atoms with Crippen LogP contribution in [0.25, 0.3) is 0 Å². The normalized spacial score (nSPS) is 12.8. The van der Waals surface area contributed by atoms with Gasteiger partial charge in [0.05, 0.1) is 6.61 Å². The van der Waals surface area contributed by atoms with Crippen molar-refractivity contribution < 1.29 is 27.7 Å². The van der Waals surface area contributed by atoms with Crippen LogP contribution < -0.4 is 29.6 Å². The first-order valence-corrected chi connectivity index (χ1v) is 9.48. The molecule has 0 aliphatic carbocycles. The van der Waals surface area contributed by atoms with Crippen molar-refractivity contribution in [2.75, 3.05) is 20.4 Å². The van der Waals surface area contributed by atoms with E-state index >= 15 is 0 Å². The van der Waals surface area contributed by atoms with Gasteiger partial charge in [0.2, 0.25) is 12.7 Å². The van der Waals surface area contributed by atoms with Crippen LogP contribution in [0.15, 0.2) is 35.5 Å². The van der Waals surface area contributed by atoms with Gasteiger partial charge in [0.1, 0.15) is 5.75 Å². The lowest BCUT2D eigenvalue weighted by molar-refractivity contribution is -0.0505. The molecule has 30 heavy (non-hydrogen) atoms. The Labute approximate surface area is 173 Å². The van der Waals surface area contributed by atoms with Gasteiger partial charge >= 0.3 is 6.61 Å². The third-order valence-electron chi connectivity index (χ3n) is 4.15. The number of hydrogen-bond acceptors (Lipinski definition) is 6. The van der Waals surface area contributed by atoms with E-state index in [1.807, 2.05) is 19.1 Å². The van der Waals surface area contributed by atoms with Gasteiger partial charge in [-0.1, -0.05) is 13.0 Å². The molecule has 0 bridgehead atoms. The number of rotatable bonds is 9. The molecule has 1 aliphatic heterocycles. The predicted molar refractivity (Wildman–Crippen MR) is 106 cm³/mol. The number of benzene rings is 1. The number of hydrogen-bond donors (Lipinski definition) is 2. The summed E-state index contributed by atoms with van der Waals surface area (Å²) in [4.78, 5) is 8.39. The molecule has 1 aromatic heterocycles. The highest BCUT2D eigenvalue weighted by atomic mass is 19.3. The molecule has 1 aromatic carbocycles. The maximum absolute atomic E-state index is 12.8. The second-order valence-electron chi connectivity index (χ2n) is 6.32. The van der Waals surface area contributed by atoms with Gasteiger partial charge < -0.3 is 29.6 Å². The Morgan fingerprint density at radius 1 is 1.20 bits per heavy atom. The van der Waals surface area contributed by atoms with Gasteiger partial charge in [-0.25, -0.2) is 4.98 Å². The zero-order valence-electron chi connectivity index (χ0n) is 16.8. The Morgan fingerprint density at radius 2 is 1.97 bits per heavy atom. The van der Waals surface area contributed by atoms with Crippen LogP contribution in [0.2, 0.25) is 0 Å². The topological polar surface area (TPSA) is 86.2 Å². The number of halogens is 2. The highest BCUT2D eigenvalue weighted by Gasteiger charge is 2.20. The van der Waals surface area contributed by atoms with Crippen LogP contribution in [0.5, 0.6) is 23.1 Å². The smallest absolute Gasteiger partial charge is 0.387 e. The summed E-state index contributed by atoms with van der Waals surface area (Å²) in [6.45, 7) is 0.419. The molecule has 0 fully saturated rings. The van der Waals surface area contributed by atoms with Crippen LogP contribution >= 0.6 is 0 Å². The molecule has 3 rings (SSSR count). The number of aliphatic imine (C=N–C) groups is 1. The molecule has 0 amide bonds. The second kappa shape index (κ2) is 10.5. The SMILES string of the molecule is CCCOc1ccc(CNC(=NC)NCc2cc3c(cc2OC(F)F)OCO3)cn1. The molecule has 0 saturated carbocycles. The summed E-state index contributed by atoms with van der Waals surface area (Å²) in [6.07, 6.45) is 2.64. The number of fused-ring (bicyclic) bond motifs is 1. The molecule has 1 aliphatic rings. The summed E-state index contributed by atoms with van der Waals surface area (Å²) in [5, 5.41) is 6.22. The van der Waals surface area contributed by atoms with Crippen molar-refractivity contribution in [1.82, 2.24) is 15.6 Å². The van der Waals surface area contributed by atoms with Crippen molar-refractivity contribution in [3.05, 3.63) is 41.6 Å². The monoisotopic (exact) mass is 422 g/mol. The zero-order valence-corrected chi connectivity index (χ0v) is 16.8. The molecule has 2 N–H and O–H groups in total. The minimum absolute atomic E-state index is 0.0177. The Hall–Kier alpha value is -3.30. The van der Waals surface area contributed by atoms with E-state index < -0.39 is 6.61 Å². The third-order valence-corrected chi connectivity index (χ3v) is 4.15. The first kappa shape index (κ1) is 21.4. The van der Waals surface area contributed by atoms with Gasteiger partial charge in [-0.3, -0.25) is 4.99 Å². The molecular formula is C20H24F2N4O4. The number of alkyl halides is 2. The van der Waals surface area contributed by atoms with Crippen LogP contribution in [0.3, 0.4) is 0 Å². The number of guanidine groups is 1. The van der Waals surface area contributed by atoms with Crippen LogP contribution in [-0.4, -0.2) is 38.0 Å². The van der Waals surface area contributed by atoms with E-state index in [0.717, 1.165) is 12.0 Å². The van der Waals surface area contributed by atoms with Crippen molar-refractivity contribution >= 4 is 5.96 Å². The highest BCUT2D eigenvalue weighted by Crippen LogP contribution is 2.38. The molecule has 0 radical (unpaired) electrons. The molecule has 2 heterocycles. The minimum atomic E-state index is -2.95. The van der Waals surface area contributed by atoms with Gasteiger partial charge in [0.25, 0.3) is 0 Å². The zero-order chi connectivity index (χ0) is 21.3. The Bertz CT molecular complexity index is 863. The summed E-state index contributed by atoms with van der Waals surface area (Å²) in [7, 11) is 1.62. The van der Waals surface area contributed by atoms with Crippen LogP contribution in [0.4, 0.5) is 8.78 Å². The first-order valence-electron chi connectivity index (χ1n) is 9.48. The molecule has 8 nitrogen and oxygen atoms in total. The molecule has 0 spiro atoms. The Morgan fingerprint density at radius 3 is 2.63 bits per heavy atom. The fourth-order valence-electron chi connectivity index (χ4n) is 2.70. The van der Waals surface area contributed by atoms with E-state index in [2.05, 4.69) is 25.3 Å². The number of pyridine rings is 1. The van der Waals surface area contributed by atoms with Gasteiger partial charge in [-0.15, -0.1) is 0 Å². The third kappa shape index (κ3) is 5.85. The fourth-order valence-corrected chi connectivity index (χ4v) is 2.70. The first-order chi connectivity index (χ1) is 14.6. The van der Waals surface area contributed by atoms with Gasteiger partial charge in [-0.2, -0.15) is 8.78 Å². The number of nitrogens with zero attached hydrogens (tertiary/aromatic N) is 2. The second-order valence-corrected chi connectivity index (χ2v) is 6.32. The van der Waals surface area contributed by atoms with Crippen molar-refractivity contribution in [1.29, 1.82) is 0 Å². The van der Waals surface area contributed by atoms with Gasteiger partial charge in [0, 0.05) is 44.0 Å². The lowest BCUT2D eigenvalue weighted by Crippen LogP contribution is -2.36. The molecule has 0 unspecified atom stereocenters. The van der Waals surface area contributed by atoms with E-state index in [4.69, 9.17) is 14.2 Å².